The molecule has 0 saturated carbocycles. The van der Waals surface area contributed by atoms with Gasteiger partial charge in [-0.2, -0.15) is 0 Å². The summed E-state index contributed by atoms with van der Waals surface area (Å²) < 4.78 is 30.4. The van der Waals surface area contributed by atoms with Crippen LogP contribution in [0.15, 0.2) is 59.8 Å². The summed E-state index contributed by atoms with van der Waals surface area (Å²) in [4.78, 5) is 43.7. The van der Waals surface area contributed by atoms with Crippen molar-refractivity contribution in [2.45, 2.75) is 43.7 Å². The molecular formula is C28H27F2N7O2. The molecule has 1 fully saturated rings. The van der Waals surface area contributed by atoms with Crippen LogP contribution in [0.3, 0.4) is 0 Å². The first-order valence-electron chi connectivity index (χ1n) is 12.9. The van der Waals surface area contributed by atoms with E-state index in [1.165, 1.54) is 24.5 Å². The zero-order valence-electron chi connectivity index (χ0n) is 21.1. The predicted molar refractivity (Wildman–Crippen MR) is 140 cm³/mol. The Hall–Kier alpha value is -4.25. The van der Waals surface area contributed by atoms with Crippen LogP contribution in [0.25, 0.3) is 16.7 Å². The van der Waals surface area contributed by atoms with Gasteiger partial charge in [0.25, 0.3) is 0 Å². The maximum atomic E-state index is 14.7. The van der Waals surface area contributed by atoms with Crippen LogP contribution in [-0.2, 0) is 4.79 Å². The molecule has 1 amide bonds. The van der Waals surface area contributed by atoms with Crippen molar-refractivity contribution in [3.63, 3.8) is 0 Å². The van der Waals surface area contributed by atoms with Crippen molar-refractivity contribution in [2.75, 3.05) is 13.1 Å². The number of amides is 1. The number of aromatic amines is 1. The number of rotatable bonds is 4. The molecule has 3 aromatic heterocycles. The van der Waals surface area contributed by atoms with Crippen molar-refractivity contribution in [1.29, 1.82) is 0 Å². The maximum Gasteiger partial charge on any atom is 0.327 e. The lowest BCUT2D eigenvalue weighted by atomic mass is 9.87. The van der Waals surface area contributed by atoms with E-state index in [2.05, 4.69) is 19.9 Å². The maximum absolute atomic E-state index is 14.7. The minimum absolute atomic E-state index is 0.0388. The molecule has 4 heterocycles. The fourth-order valence-electron chi connectivity index (χ4n) is 5.80. The SMILES string of the molecule is NC1c2nccnc2C(CC(=O)N2CCC(n3c(=O)[nH]c4ncccc43)CC2)=CCC1c1cccc(F)c1F. The number of carbonyl (C=O) groups is 1. The summed E-state index contributed by atoms with van der Waals surface area (Å²) in [6.45, 7) is 1.00. The molecule has 11 heteroatoms. The Morgan fingerprint density at radius 1 is 1.05 bits per heavy atom. The predicted octanol–water partition coefficient (Wildman–Crippen LogP) is 3.62. The minimum atomic E-state index is -0.933. The van der Waals surface area contributed by atoms with Gasteiger partial charge in [-0.25, -0.2) is 18.6 Å². The second-order valence-electron chi connectivity index (χ2n) is 9.99. The zero-order valence-corrected chi connectivity index (χ0v) is 21.1. The molecule has 1 aromatic carbocycles. The van der Waals surface area contributed by atoms with Crippen LogP contribution >= 0.6 is 0 Å². The largest absolute Gasteiger partial charge is 0.342 e. The van der Waals surface area contributed by atoms with E-state index in [4.69, 9.17) is 5.73 Å². The third-order valence-corrected chi connectivity index (χ3v) is 7.79. The molecule has 39 heavy (non-hydrogen) atoms. The van der Waals surface area contributed by atoms with Gasteiger partial charge >= 0.3 is 5.69 Å². The van der Waals surface area contributed by atoms with Crippen LogP contribution in [0.2, 0.25) is 0 Å². The molecule has 6 rings (SSSR count). The van der Waals surface area contributed by atoms with Crippen molar-refractivity contribution < 1.29 is 13.6 Å². The fraction of sp³-hybridized carbons (Fsp3) is 0.321. The molecule has 0 radical (unpaired) electrons. The first kappa shape index (κ1) is 25.1. The average Bonchev–Trinajstić information content (AvgIpc) is 3.23. The summed E-state index contributed by atoms with van der Waals surface area (Å²) in [5.41, 5.74) is 9.44. The number of piperidine rings is 1. The van der Waals surface area contributed by atoms with Gasteiger partial charge in [-0.05, 0) is 48.6 Å². The molecule has 2 unspecified atom stereocenters. The molecule has 1 aliphatic heterocycles. The number of fused-ring (bicyclic) bond motifs is 2. The van der Waals surface area contributed by atoms with Gasteiger partial charge < -0.3 is 10.6 Å². The highest BCUT2D eigenvalue weighted by Crippen LogP contribution is 2.40. The fourth-order valence-corrected chi connectivity index (χ4v) is 5.80. The molecule has 1 aliphatic carbocycles. The number of imidazole rings is 1. The average molecular weight is 532 g/mol. The van der Waals surface area contributed by atoms with E-state index in [1.54, 1.807) is 21.7 Å². The van der Waals surface area contributed by atoms with Gasteiger partial charge in [0.2, 0.25) is 5.91 Å². The van der Waals surface area contributed by atoms with Crippen molar-refractivity contribution in [3.8, 4) is 0 Å². The van der Waals surface area contributed by atoms with E-state index in [1.807, 2.05) is 12.1 Å². The minimum Gasteiger partial charge on any atom is -0.342 e. The Morgan fingerprint density at radius 2 is 1.85 bits per heavy atom. The van der Waals surface area contributed by atoms with Crippen molar-refractivity contribution in [2.24, 2.45) is 5.73 Å². The van der Waals surface area contributed by atoms with E-state index < -0.39 is 23.6 Å². The lowest BCUT2D eigenvalue weighted by molar-refractivity contribution is -0.131. The van der Waals surface area contributed by atoms with Gasteiger partial charge in [0.1, 0.15) is 0 Å². The first-order valence-corrected chi connectivity index (χ1v) is 12.9. The Kier molecular flexibility index (Phi) is 6.51. The smallest absolute Gasteiger partial charge is 0.327 e. The molecule has 9 nitrogen and oxygen atoms in total. The summed E-state index contributed by atoms with van der Waals surface area (Å²) in [7, 11) is 0. The summed E-state index contributed by atoms with van der Waals surface area (Å²) in [5, 5.41) is 0. The van der Waals surface area contributed by atoms with Crippen molar-refractivity contribution in [1.82, 2.24) is 29.4 Å². The summed E-state index contributed by atoms with van der Waals surface area (Å²) >= 11 is 0. The molecule has 3 N–H and O–H groups in total. The number of aromatic nitrogens is 5. The lowest BCUT2D eigenvalue weighted by Gasteiger charge is -2.32. The van der Waals surface area contributed by atoms with Gasteiger partial charge in [-0.15, -0.1) is 0 Å². The molecule has 2 aliphatic rings. The molecule has 0 spiro atoms. The van der Waals surface area contributed by atoms with Crippen LogP contribution in [0.4, 0.5) is 8.78 Å². The molecule has 0 bridgehead atoms. The number of nitrogens with one attached hydrogen (secondary N) is 1. The van der Waals surface area contributed by atoms with Gasteiger partial charge in [0.15, 0.2) is 17.3 Å². The van der Waals surface area contributed by atoms with Crippen LogP contribution in [0.5, 0.6) is 0 Å². The Bertz CT molecular complexity index is 1640. The molecule has 200 valence electrons. The Balaban J connectivity index is 1.21. The van der Waals surface area contributed by atoms with E-state index in [0.717, 1.165) is 11.6 Å². The van der Waals surface area contributed by atoms with Crippen LogP contribution in [-0.4, -0.2) is 48.4 Å². The third-order valence-electron chi connectivity index (χ3n) is 7.79. The third kappa shape index (κ3) is 4.52. The summed E-state index contributed by atoms with van der Waals surface area (Å²) in [6.07, 6.45) is 8.18. The highest BCUT2D eigenvalue weighted by atomic mass is 19.2. The number of likely N-dealkylation sites (tertiary alicyclic amines) is 1. The standard InChI is InChI=1S/C28H27F2N7O2/c29-20-4-1-3-18(23(20)30)19-7-6-16(25-26(24(19)31)33-12-11-32-25)15-22(38)36-13-8-17(9-14-36)37-21-5-2-10-34-27(21)35-28(37)39/h1-6,10-12,17,19,24H,7-9,13-15,31H2,(H,34,35,39). The van der Waals surface area contributed by atoms with Gasteiger partial charge in [0, 0.05) is 43.6 Å². The number of H-pyrrole nitrogens is 1. The van der Waals surface area contributed by atoms with Gasteiger partial charge in [0.05, 0.1) is 29.4 Å². The number of pyridine rings is 1. The quantitative estimate of drug-likeness (QED) is 0.415. The Morgan fingerprint density at radius 3 is 2.67 bits per heavy atom. The topological polar surface area (TPSA) is 123 Å². The van der Waals surface area contributed by atoms with E-state index in [9.17, 15) is 18.4 Å². The first-order chi connectivity index (χ1) is 18.9. The lowest BCUT2D eigenvalue weighted by Crippen LogP contribution is -2.40. The van der Waals surface area contributed by atoms with Crippen LogP contribution < -0.4 is 11.4 Å². The van der Waals surface area contributed by atoms with Crippen LogP contribution in [0.1, 0.15) is 60.6 Å². The summed E-state index contributed by atoms with van der Waals surface area (Å²) in [5.74, 6) is -2.50. The van der Waals surface area contributed by atoms with Crippen LogP contribution in [0, 0.1) is 11.6 Å². The second-order valence-corrected chi connectivity index (χ2v) is 9.99. The van der Waals surface area contributed by atoms with Gasteiger partial charge in [-0.3, -0.25) is 24.3 Å². The Labute approximate surface area is 222 Å². The molecular weight excluding hydrogens is 504 g/mol. The highest BCUT2D eigenvalue weighted by Gasteiger charge is 2.33. The highest BCUT2D eigenvalue weighted by molar-refractivity contribution is 5.89. The van der Waals surface area contributed by atoms with Crippen molar-refractivity contribution in [3.05, 3.63) is 94.1 Å². The number of allylic oxidation sites excluding steroid dienone is 1. The molecule has 1 saturated heterocycles. The zero-order chi connectivity index (χ0) is 27.1. The normalized spacial score (nSPS) is 20.0. The monoisotopic (exact) mass is 531 g/mol. The van der Waals surface area contributed by atoms with E-state index in [0.29, 0.717) is 55.0 Å². The number of hydrogen-bond acceptors (Lipinski definition) is 6. The van der Waals surface area contributed by atoms with E-state index in [-0.39, 0.29) is 29.6 Å². The van der Waals surface area contributed by atoms with Gasteiger partial charge in [-0.1, -0.05) is 18.2 Å². The van der Waals surface area contributed by atoms with E-state index >= 15 is 0 Å². The summed E-state index contributed by atoms with van der Waals surface area (Å²) in [6, 6.07) is 6.96. The van der Waals surface area contributed by atoms with Crippen molar-refractivity contribution >= 4 is 22.6 Å². The number of nitrogens with two attached hydrogens (primary N) is 1. The number of hydrogen-bond donors (Lipinski definition) is 2. The number of halogens is 2. The second kappa shape index (κ2) is 10.1. The number of nitrogens with zero attached hydrogens (tertiary/aromatic N) is 5. The number of benzene rings is 1. The molecule has 4 aromatic rings. The molecule has 2 atom stereocenters. The number of carbonyl (C=O) groups excluding carboxylic acids is 1.